The molecule has 0 bridgehead atoms. The molecular formula is C19H31N3O3. The fourth-order valence-corrected chi connectivity index (χ4v) is 5.05. The van der Waals surface area contributed by atoms with E-state index >= 15 is 0 Å². The van der Waals surface area contributed by atoms with Crippen molar-refractivity contribution in [3.05, 3.63) is 17.5 Å². The van der Waals surface area contributed by atoms with Gasteiger partial charge in [-0.1, -0.05) is 6.92 Å². The van der Waals surface area contributed by atoms with Crippen molar-refractivity contribution < 1.29 is 14.6 Å². The van der Waals surface area contributed by atoms with E-state index in [0.717, 1.165) is 45.5 Å². The third-order valence-corrected chi connectivity index (χ3v) is 6.57. The predicted molar refractivity (Wildman–Crippen MR) is 94.3 cm³/mol. The first-order valence-corrected chi connectivity index (χ1v) is 9.76. The molecule has 4 rings (SSSR count). The molecule has 3 aliphatic heterocycles. The molecule has 3 saturated heterocycles. The van der Waals surface area contributed by atoms with Crippen LogP contribution < -0.4 is 0 Å². The zero-order valence-corrected chi connectivity index (χ0v) is 15.5. The maximum atomic E-state index is 11.4. The summed E-state index contributed by atoms with van der Waals surface area (Å²) in [5.41, 5.74) is 1.95. The zero-order chi connectivity index (χ0) is 17.4. The molecule has 3 fully saturated rings. The molecule has 0 amide bonds. The van der Waals surface area contributed by atoms with Crippen LogP contribution >= 0.6 is 0 Å². The Bertz CT molecular complexity index is 605. The summed E-state index contributed by atoms with van der Waals surface area (Å²) in [6.07, 6.45) is 4.86. The SMILES string of the molecule is CCCn1ncc(CN2C[C@@H]3COCC[C@]3(O)[C@H]3COCC[C@H]32)c1C. The highest BCUT2D eigenvalue weighted by Crippen LogP contribution is 2.44. The van der Waals surface area contributed by atoms with E-state index in [0.29, 0.717) is 25.9 Å². The third-order valence-electron chi connectivity index (χ3n) is 6.57. The Morgan fingerprint density at radius 2 is 2.16 bits per heavy atom. The van der Waals surface area contributed by atoms with E-state index in [1.807, 2.05) is 6.20 Å². The van der Waals surface area contributed by atoms with Crippen LogP contribution in [0.2, 0.25) is 0 Å². The monoisotopic (exact) mass is 349 g/mol. The number of aliphatic hydroxyl groups is 1. The average molecular weight is 349 g/mol. The lowest BCUT2D eigenvalue weighted by Gasteiger charge is -2.57. The van der Waals surface area contributed by atoms with Crippen LogP contribution in [0.25, 0.3) is 0 Å². The lowest BCUT2D eigenvalue weighted by atomic mass is 9.66. The van der Waals surface area contributed by atoms with Crippen molar-refractivity contribution in [1.82, 2.24) is 14.7 Å². The number of fused-ring (bicyclic) bond motifs is 3. The summed E-state index contributed by atoms with van der Waals surface area (Å²) in [7, 11) is 0. The standard InChI is InChI=1S/C19H31N3O3/c1-3-6-22-14(2)15(9-20-22)10-21-11-16-12-25-8-5-19(16,23)17-13-24-7-4-18(17)21/h9,16-18,23H,3-8,10-13H2,1-2H3/t16-,17+,18-,19-/m1/s1. The van der Waals surface area contributed by atoms with Gasteiger partial charge in [0.25, 0.3) is 0 Å². The number of aryl methyl sites for hydroxylation is 1. The van der Waals surface area contributed by atoms with Crippen molar-refractivity contribution in [3.63, 3.8) is 0 Å². The fourth-order valence-electron chi connectivity index (χ4n) is 5.05. The second-order valence-corrected chi connectivity index (χ2v) is 7.96. The van der Waals surface area contributed by atoms with Gasteiger partial charge in [-0.15, -0.1) is 0 Å². The summed E-state index contributed by atoms with van der Waals surface area (Å²) in [5.74, 6) is 0.366. The van der Waals surface area contributed by atoms with Crippen LogP contribution in [-0.4, -0.2) is 64.4 Å². The van der Waals surface area contributed by atoms with Gasteiger partial charge in [-0.2, -0.15) is 5.10 Å². The number of nitrogens with zero attached hydrogens (tertiary/aromatic N) is 3. The van der Waals surface area contributed by atoms with E-state index in [4.69, 9.17) is 9.47 Å². The summed E-state index contributed by atoms with van der Waals surface area (Å²) < 4.78 is 13.6. The van der Waals surface area contributed by atoms with Gasteiger partial charge in [0.05, 0.1) is 25.0 Å². The number of aromatic nitrogens is 2. The predicted octanol–water partition coefficient (Wildman–Crippen LogP) is 1.59. The number of hydrogen-bond donors (Lipinski definition) is 1. The normalized spacial score (nSPS) is 36.0. The fraction of sp³-hybridized carbons (Fsp3) is 0.842. The molecule has 3 aliphatic rings. The van der Waals surface area contributed by atoms with Crippen LogP contribution in [0.5, 0.6) is 0 Å². The first-order chi connectivity index (χ1) is 12.1. The minimum atomic E-state index is -0.624. The molecule has 4 atom stereocenters. The van der Waals surface area contributed by atoms with Gasteiger partial charge in [0.2, 0.25) is 0 Å². The van der Waals surface area contributed by atoms with Crippen LogP contribution in [0.15, 0.2) is 6.20 Å². The van der Waals surface area contributed by atoms with Crippen molar-refractivity contribution in [2.24, 2.45) is 11.8 Å². The van der Waals surface area contributed by atoms with Gasteiger partial charge in [0.1, 0.15) is 0 Å². The Kier molecular flexibility index (Phi) is 4.88. The second kappa shape index (κ2) is 6.99. The van der Waals surface area contributed by atoms with Crippen molar-refractivity contribution in [3.8, 4) is 0 Å². The van der Waals surface area contributed by atoms with Crippen LogP contribution in [0.4, 0.5) is 0 Å². The molecule has 6 heteroatoms. The summed E-state index contributed by atoms with van der Waals surface area (Å²) in [4.78, 5) is 2.56. The molecule has 0 aromatic carbocycles. The highest BCUT2D eigenvalue weighted by Gasteiger charge is 2.55. The topological polar surface area (TPSA) is 59.8 Å². The van der Waals surface area contributed by atoms with Crippen LogP contribution in [-0.2, 0) is 22.6 Å². The van der Waals surface area contributed by atoms with Crippen molar-refractivity contribution >= 4 is 0 Å². The first kappa shape index (κ1) is 17.5. The smallest absolute Gasteiger partial charge is 0.0796 e. The Hall–Kier alpha value is -0.950. The lowest BCUT2D eigenvalue weighted by Crippen LogP contribution is -2.67. The zero-order valence-electron chi connectivity index (χ0n) is 15.5. The van der Waals surface area contributed by atoms with E-state index in [-0.39, 0.29) is 11.8 Å². The highest BCUT2D eigenvalue weighted by molar-refractivity contribution is 5.17. The largest absolute Gasteiger partial charge is 0.389 e. The summed E-state index contributed by atoms with van der Waals surface area (Å²) >= 11 is 0. The van der Waals surface area contributed by atoms with E-state index in [1.165, 1.54) is 11.3 Å². The summed E-state index contributed by atoms with van der Waals surface area (Å²) in [5, 5.41) is 16.0. The van der Waals surface area contributed by atoms with Crippen molar-refractivity contribution in [2.75, 3.05) is 33.0 Å². The molecule has 140 valence electrons. The molecule has 1 aromatic rings. The highest BCUT2D eigenvalue weighted by atomic mass is 16.5. The van der Waals surface area contributed by atoms with Gasteiger partial charge < -0.3 is 14.6 Å². The minimum absolute atomic E-state index is 0.176. The second-order valence-electron chi connectivity index (χ2n) is 7.96. The number of likely N-dealkylation sites (tertiary alicyclic amines) is 1. The van der Waals surface area contributed by atoms with Gasteiger partial charge in [-0.3, -0.25) is 9.58 Å². The molecule has 25 heavy (non-hydrogen) atoms. The molecule has 0 radical (unpaired) electrons. The van der Waals surface area contributed by atoms with E-state index in [2.05, 4.69) is 28.5 Å². The molecule has 0 saturated carbocycles. The lowest BCUT2D eigenvalue weighted by molar-refractivity contribution is -0.221. The quantitative estimate of drug-likeness (QED) is 0.894. The van der Waals surface area contributed by atoms with Gasteiger partial charge in [0.15, 0.2) is 0 Å². The van der Waals surface area contributed by atoms with Gasteiger partial charge in [0, 0.05) is 68.4 Å². The average Bonchev–Trinajstić information content (AvgIpc) is 2.96. The Morgan fingerprint density at radius 1 is 1.32 bits per heavy atom. The van der Waals surface area contributed by atoms with Crippen molar-refractivity contribution in [2.45, 2.75) is 57.8 Å². The molecule has 0 spiro atoms. The number of ether oxygens (including phenoxy) is 2. The van der Waals surface area contributed by atoms with Gasteiger partial charge in [-0.25, -0.2) is 0 Å². The molecular weight excluding hydrogens is 318 g/mol. The Morgan fingerprint density at radius 3 is 3.00 bits per heavy atom. The molecule has 4 heterocycles. The third kappa shape index (κ3) is 3.03. The van der Waals surface area contributed by atoms with Crippen LogP contribution in [0, 0.1) is 18.8 Å². The molecule has 0 unspecified atom stereocenters. The minimum Gasteiger partial charge on any atom is -0.389 e. The molecule has 1 N–H and O–H groups in total. The maximum Gasteiger partial charge on any atom is 0.0796 e. The number of hydrogen-bond acceptors (Lipinski definition) is 5. The van der Waals surface area contributed by atoms with E-state index in [1.54, 1.807) is 0 Å². The van der Waals surface area contributed by atoms with Gasteiger partial charge in [-0.05, 0) is 19.8 Å². The number of piperidine rings is 1. The van der Waals surface area contributed by atoms with Crippen molar-refractivity contribution in [1.29, 1.82) is 0 Å². The van der Waals surface area contributed by atoms with E-state index < -0.39 is 5.60 Å². The molecule has 1 aromatic heterocycles. The Labute approximate surface area is 150 Å². The molecule has 6 nitrogen and oxygen atoms in total. The molecule has 0 aliphatic carbocycles. The summed E-state index contributed by atoms with van der Waals surface area (Å²) in [6, 6.07) is 0.391. The summed E-state index contributed by atoms with van der Waals surface area (Å²) in [6.45, 7) is 9.92. The van der Waals surface area contributed by atoms with Gasteiger partial charge >= 0.3 is 0 Å². The number of rotatable bonds is 4. The maximum absolute atomic E-state index is 11.4. The van der Waals surface area contributed by atoms with Crippen LogP contribution in [0.3, 0.4) is 0 Å². The van der Waals surface area contributed by atoms with Crippen LogP contribution in [0.1, 0.15) is 37.4 Å². The van der Waals surface area contributed by atoms with E-state index in [9.17, 15) is 5.11 Å². The Balaban J connectivity index is 1.57. The first-order valence-electron chi connectivity index (χ1n) is 9.76.